The molecule has 2 atom stereocenters. The summed E-state index contributed by atoms with van der Waals surface area (Å²) in [5.74, 6) is -0.472. The second-order valence-electron chi connectivity index (χ2n) is 3.35. The number of hydrogen-bond acceptors (Lipinski definition) is 2. The Kier molecular flexibility index (Phi) is 2.11. The fourth-order valence-electron chi connectivity index (χ4n) is 1.65. The van der Waals surface area contributed by atoms with Gasteiger partial charge in [-0.05, 0) is 18.2 Å². The highest BCUT2D eigenvalue weighted by Crippen LogP contribution is 2.39. The zero-order valence-electron chi connectivity index (χ0n) is 7.53. The Bertz CT molecular complexity index is 389. The smallest absolute Gasteiger partial charge is 0.345 e. The average molecular weight is 213 g/mol. The van der Waals surface area contributed by atoms with Crippen LogP contribution in [-0.2, 0) is 4.79 Å². The molecule has 0 aliphatic carbocycles. The molecule has 0 saturated carbocycles. The molecule has 1 heterocycles. The third-order valence-corrected chi connectivity index (χ3v) is 2.65. The molecule has 0 bridgehead atoms. The standard InChI is InChI=1S/C10H9ClO3/c1-5-7-4-6(11)2-3-8(7)14-9(5)10(12)13/h2-5,9H,1H3,(H,12,13)/t5-,9+/m1/s1. The lowest BCUT2D eigenvalue weighted by molar-refractivity contribution is -0.144. The van der Waals surface area contributed by atoms with Crippen LogP contribution in [0.15, 0.2) is 18.2 Å². The summed E-state index contributed by atoms with van der Waals surface area (Å²) >= 11 is 5.81. The molecule has 0 unspecified atom stereocenters. The van der Waals surface area contributed by atoms with Crippen molar-refractivity contribution >= 4 is 17.6 Å². The zero-order valence-corrected chi connectivity index (χ0v) is 8.28. The van der Waals surface area contributed by atoms with Crippen LogP contribution in [0.5, 0.6) is 5.75 Å². The second kappa shape index (κ2) is 3.17. The van der Waals surface area contributed by atoms with Crippen LogP contribution in [0.4, 0.5) is 0 Å². The molecule has 4 heteroatoms. The summed E-state index contributed by atoms with van der Waals surface area (Å²) in [5.41, 5.74) is 0.866. The summed E-state index contributed by atoms with van der Waals surface area (Å²) in [6.07, 6.45) is -0.788. The fourth-order valence-corrected chi connectivity index (χ4v) is 1.83. The lowest BCUT2D eigenvalue weighted by Gasteiger charge is -2.08. The van der Waals surface area contributed by atoms with Gasteiger partial charge >= 0.3 is 5.97 Å². The molecule has 1 aromatic carbocycles. The summed E-state index contributed by atoms with van der Waals surface area (Å²) in [6.45, 7) is 1.82. The normalized spacial score (nSPS) is 24.1. The maximum Gasteiger partial charge on any atom is 0.345 e. The number of halogens is 1. The fraction of sp³-hybridized carbons (Fsp3) is 0.300. The van der Waals surface area contributed by atoms with E-state index in [0.717, 1.165) is 5.56 Å². The first-order valence-electron chi connectivity index (χ1n) is 4.28. The molecule has 1 aromatic rings. The minimum Gasteiger partial charge on any atom is -0.478 e. The minimum atomic E-state index is -0.940. The molecule has 0 radical (unpaired) electrons. The molecule has 2 rings (SSSR count). The Labute approximate surface area is 86.3 Å². The first-order valence-corrected chi connectivity index (χ1v) is 4.66. The van der Waals surface area contributed by atoms with Gasteiger partial charge < -0.3 is 9.84 Å². The second-order valence-corrected chi connectivity index (χ2v) is 3.78. The molecule has 0 amide bonds. The SMILES string of the molecule is C[C@@H]1c2cc(Cl)ccc2O[C@@H]1C(=O)O. The van der Waals surface area contributed by atoms with E-state index < -0.39 is 12.1 Å². The first kappa shape index (κ1) is 9.34. The Hall–Kier alpha value is -1.22. The third kappa shape index (κ3) is 1.34. The van der Waals surface area contributed by atoms with Gasteiger partial charge in [-0.3, -0.25) is 0 Å². The Morgan fingerprint density at radius 1 is 1.57 bits per heavy atom. The van der Waals surface area contributed by atoms with Gasteiger partial charge in [0.05, 0.1) is 0 Å². The van der Waals surface area contributed by atoms with Gasteiger partial charge in [-0.2, -0.15) is 0 Å². The quantitative estimate of drug-likeness (QED) is 0.777. The topological polar surface area (TPSA) is 46.5 Å². The van der Waals surface area contributed by atoms with Crippen LogP contribution in [0.3, 0.4) is 0 Å². The maximum atomic E-state index is 10.8. The summed E-state index contributed by atoms with van der Waals surface area (Å²) in [5, 5.41) is 9.47. The molecule has 1 N–H and O–H groups in total. The maximum absolute atomic E-state index is 10.8. The molecule has 1 aliphatic heterocycles. The van der Waals surface area contributed by atoms with Crippen molar-refractivity contribution in [3.63, 3.8) is 0 Å². The molecule has 0 spiro atoms. The number of aliphatic carboxylic acids is 1. The van der Waals surface area contributed by atoms with Crippen molar-refractivity contribution in [3.8, 4) is 5.75 Å². The molecule has 0 saturated heterocycles. The summed E-state index contributed by atoms with van der Waals surface area (Å²) in [7, 11) is 0. The number of rotatable bonds is 1. The van der Waals surface area contributed by atoms with Crippen molar-refractivity contribution in [2.24, 2.45) is 0 Å². The molecule has 0 fully saturated rings. The molecule has 0 aromatic heterocycles. The summed E-state index contributed by atoms with van der Waals surface area (Å²) in [4.78, 5) is 10.8. The summed E-state index contributed by atoms with van der Waals surface area (Å²) in [6, 6.07) is 5.15. The van der Waals surface area contributed by atoms with E-state index in [1.807, 2.05) is 6.92 Å². The molecule has 1 aliphatic rings. The van der Waals surface area contributed by atoms with Crippen molar-refractivity contribution < 1.29 is 14.6 Å². The van der Waals surface area contributed by atoms with Gasteiger partial charge in [0, 0.05) is 16.5 Å². The van der Waals surface area contributed by atoms with Gasteiger partial charge in [-0.25, -0.2) is 4.79 Å². The number of carboxylic acid groups (broad SMARTS) is 1. The van der Waals surface area contributed by atoms with Gasteiger partial charge in [-0.1, -0.05) is 18.5 Å². The zero-order chi connectivity index (χ0) is 10.3. The highest BCUT2D eigenvalue weighted by molar-refractivity contribution is 6.30. The number of benzene rings is 1. The third-order valence-electron chi connectivity index (χ3n) is 2.41. The van der Waals surface area contributed by atoms with Gasteiger partial charge in [0.15, 0.2) is 0 Å². The number of hydrogen-bond donors (Lipinski definition) is 1. The lowest BCUT2D eigenvalue weighted by Crippen LogP contribution is -2.27. The van der Waals surface area contributed by atoms with Gasteiger partial charge in [-0.15, -0.1) is 0 Å². The molecule has 14 heavy (non-hydrogen) atoms. The van der Waals surface area contributed by atoms with Crippen LogP contribution in [-0.4, -0.2) is 17.2 Å². The van der Waals surface area contributed by atoms with E-state index in [2.05, 4.69) is 0 Å². The highest BCUT2D eigenvalue weighted by atomic mass is 35.5. The van der Waals surface area contributed by atoms with Crippen molar-refractivity contribution in [1.29, 1.82) is 0 Å². The van der Waals surface area contributed by atoms with Crippen LogP contribution < -0.4 is 4.74 Å². The van der Waals surface area contributed by atoms with Crippen LogP contribution in [0, 0.1) is 0 Å². The number of carbonyl (C=O) groups is 1. The van der Waals surface area contributed by atoms with Crippen molar-refractivity contribution in [1.82, 2.24) is 0 Å². The minimum absolute atomic E-state index is 0.152. The largest absolute Gasteiger partial charge is 0.478 e. The number of fused-ring (bicyclic) bond motifs is 1. The van der Waals surface area contributed by atoms with Crippen LogP contribution in [0.1, 0.15) is 18.4 Å². The van der Waals surface area contributed by atoms with Crippen molar-refractivity contribution in [2.45, 2.75) is 18.9 Å². The van der Waals surface area contributed by atoms with E-state index in [-0.39, 0.29) is 5.92 Å². The van der Waals surface area contributed by atoms with E-state index >= 15 is 0 Å². The Morgan fingerprint density at radius 3 is 2.93 bits per heavy atom. The van der Waals surface area contributed by atoms with Gasteiger partial charge in [0.1, 0.15) is 5.75 Å². The van der Waals surface area contributed by atoms with E-state index in [9.17, 15) is 4.79 Å². The van der Waals surface area contributed by atoms with Crippen LogP contribution in [0.25, 0.3) is 0 Å². The average Bonchev–Trinajstić information content (AvgIpc) is 2.44. The molecule has 74 valence electrons. The number of ether oxygens (including phenoxy) is 1. The van der Waals surface area contributed by atoms with E-state index in [4.69, 9.17) is 21.4 Å². The predicted molar refractivity (Wildman–Crippen MR) is 51.9 cm³/mol. The van der Waals surface area contributed by atoms with E-state index in [1.165, 1.54) is 0 Å². The Balaban J connectivity index is 2.41. The molecular formula is C10H9ClO3. The predicted octanol–water partition coefficient (Wildman–Crippen LogP) is 2.29. The van der Waals surface area contributed by atoms with Crippen LogP contribution in [0.2, 0.25) is 5.02 Å². The number of carboxylic acids is 1. The first-order chi connectivity index (χ1) is 6.59. The Morgan fingerprint density at radius 2 is 2.29 bits per heavy atom. The lowest BCUT2D eigenvalue weighted by atomic mass is 9.98. The van der Waals surface area contributed by atoms with Crippen molar-refractivity contribution in [2.75, 3.05) is 0 Å². The van der Waals surface area contributed by atoms with Crippen LogP contribution >= 0.6 is 11.6 Å². The summed E-state index contributed by atoms with van der Waals surface area (Å²) < 4.78 is 5.28. The van der Waals surface area contributed by atoms with Gasteiger partial charge in [0.25, 0.3) is 0 Å². The highest BCUT2D eigenvalue weighted by Gasteiger charge is 2.36. The van der Waals surface area contributed by atoms with Crippen molar-refractivity contribution in [3.05, 3.63) is 28.8 Å². The van der Waals surface area contributed by atoms with E-state index in [0.29, 0.717) is 10.8 Å². The van der Waals surface area contributed by atoms with Gasteiger partial charge in [0.2, 0.25) is 6.10 Å². The van der Waals surface area contributed by atoms with E-state index in [1.54, 1.807) is 18.2 Å². The molecular weight excluding hydrogens is 204 g/mol. The molecule has 3 nitrogen and oxygen atoms in total. The monoisotopic (exact) mass is 212 g/mol.